The Morgan fingerprint density at radius 1 is 1.50 bits per heavy atom. The quantitative estimate of drug-likeness (QED) is 0.731. The number of H-pyrrole nitrogens is 1. The molecule has 0 radical (unpaired) electrons. The van der Waals surface area contributed by atoms with E-state index < -0.39 is 0 Å². The molecule has 100 valence electrons. The summed E-state index contributed by atoms with van der Waals surface area (Å²) in [4.78, 5) is 12.1. The zero-order chi connectivity index (χ0) is 13.1. The number of carbonyl (C=O) groups excluding carboxylic acids is 1. The number of carbonyl (C=O) groups is 1. The maximum Gasteiger partial charge on any atom is 0.272 e. The minimum atomic E-state index is -0.189. The lowest BCUT2D eigenvalue weighted by atomic mass is 10.0. The molecule has 1 aromatic rings. The van der Waals surface area contributed by atoms with E-state index in [1.165, 1.54) is 0 Å². The Bertz CT molecular complexity index is 426. The summed E-state index contributed by atoms with van der Waals surface area (Å²) in [6, 6.07) is -0.189. The second kappa shape index (κ2) is 5.52. The average molecular weight is 251 g/mol. The normalized spacial score (nSPS) is 15.8. The number of aromatic nitrogens is 2. The summed E-state index contributed by atoms with van der Waals surface area (Å²) in [7, 11) is 0. The molecule has 5 heteroatoms. The van der Waals surface area contributed by atoms with E-state index in [0.717, 1.165) is 36.9 Å². The molecule has 1 aliphatic rings. The molecule has 0 saturated heterocycles. The first-order valence-electron chi connectivity index (χ1n) is 6.59. The lowest BCUT2D eigenvalue weighted by Gasteiger charge is -2.17. The minimum Gasteiger partial charge on any atom is -0.394 e. The van der Waals surface area contributed by atoms with Crippen molar-refractivity contribution in [3.8, 4) is 0 Å². The van der Waals surface area contributed by atoms with Gasteiger partial charge in [0.25, 0.3) is 5.91 Å². The molecular formula is C13H21N3O2. The van der Waals surface area contributed by atoms with Crippen LogP contribution in [0.3, 0.4) is 0 Å². The number of fused-ring (bicyclic) bond motifs is 1. The summed E-state index contributed by atoms with van der Waals surface area (Å²) in [5, 5.41) is 19.1. The Morgan fingerprint density at radius 3 is 2.94 bits per heavy atom. The lowest BCUT2D eigenvalue weighted by molar-refractivity contribution is 0.0902. The SMILES string of the molecule is CC(C)CC(CO)NC(=O)c1n[nH]c2c1CCC2. The molecule has 0 bridgehead atoms. The van der Waals surface area contributed by atoms with Gasteiger partial charge in [-0.05, 0) is 31.6 Å². The number of rotatable bonds is 5. The van der Waals surface area contributed by atoms with Crippen molar-refractivity contribution < 1.29 is 9.90 Å². The van der Waals surface area contributed by atoms with Gasteiger partial charge < -0.3 is 10.4 Å². The molecule has 1 aliphatic carbocycles. The van der Waals surface area contributed by atoms with Crippen molar-refractivity contribution in [2.24, 2.45) is 5.92 Å². The highest BCUT2D eigenvalue weighted by Gasteiger charge is 2.24. The number of hydrogen-bond acceptors (Lipinski definition) is 3. The van der Waals surface area contributed by atoms with Gasteiger partial charge >= 0.3 is 0 Å². The fraction of sp³-hybridized carbons (Fsp3) is 0.692. The van der Waals surface area contributed by atoms with Crippen molar-refractivity contribution in [2.75, 3.05) is 6.61 Å². The lowest BCUT2D eigenvalue weighted by Crippen LogP contribution is -2.38. The highest BCUT2D eigenvalue weighted by atomic mass is 16.3. The predicted octanol–water partition coefficient (Wildman–Crippen LogP) is 1.04. The second-order valence-corrected chi connectivity index (χ2v) is 5.37. The van der Waals surface area contributed by atoms with Crippen LogP contribution in [0.4, 0.5) is 0 Å². The van der Waals surface area contributed by atoms with E-state index in [4.69, 9.17) is 0 Å². The van der Waals surface area contributed by atoms with E-state index in [2.05, 4.69) is 29.4 Å². The van der Waals surface area contributed by atoms with Gasteiger partial charge in [-0.2, -0.15) is 5.10 Å². The van der Waals surface area contributed by atoms with Gasteiger partial charge in [-0.1, -0.05) is 13.8 Å². The highest BCUT2D eigenvalue weighted by Crippen LogP contribution is 2.22. The van der Waals surface area contributed by atoms with Gasteiger partial charge in [0.2, 0.25) is 0 Å². The van der Waals surface area contributed by atoms with Gasteiger partial charge in [0.15, 0.2) is 5.69 Å². The van der Waals surface area contributed by atoms with Crippen LogP contribution in [-0.2, 0) is 12.8 Å². The van der Waals surface area contributed by atoms with Crippen LogP contribution in [0.1, 0.15) is 48.4 Å². The molecule has 1 heterocycles. The van der Waals surface area contributed by atoms with Crippen LogP contribution in [0.25, 0.3) is 0 Å². The number of hydrogen-bond donors (Lipinski definition) is 3. The molecule has 0 saturated carbocycles. The highest BCUT2D eigenvalue weighted by molar-refractivity contribution is 5.94. The number of aliphatic hydroxyl groups is 1. The Balaban J connectivity index is 2.02. The zero-order valence-electron chi connectivity index (χ0n) is 11.0. The minimum absolute atomic E-state index is 0.0312. The first-order valence-corrected chi connectivity index (χ1v) is 6.59. The molecule has 1 aromatic heterocycles. The number of aliphatic hydroxyl groups excluding tert-OH is 1. The van der Waals surface area contributed by atoms with Gasteiger partial charge in [-0.15, -0.1) is 0 Å². The van der Waals surface area contributed by atoms with E-state index in [-0.39, 0.29) is 18.6 Å². The number of amides is 1. The molecule has 0 aliphatic heterocycles. The summed E-state index contributed by atoms with van der Waals surface area (Å²) < 4.78 is 0. The Morgan fingerprint density at radius 2 is 2.28 bits per heavy atom. The molecule has 1 atom stereocenters. The Hall–Kier alpha value is -1.36. The van der Waals surface area contributed by atoms with E-state index in [1.54, 1.807) is 0 Å². The second-order valence-electron chi connectivity index (χ2n) is 5.37. The fourth-order valence-corrected chi connectivity index (χ4v) is 2.51. The summed E-state index contributed by atoms with van der Waals surface area (Å²) in [5.74, 6) is 0.265. The third-order valence-electron chi connectivity index (χ3n) is 3.33. The summed E-state index contributed by atoms with van der Waals surface area (Å²) in [6.45, 7) is 4.11. The third kappa shape index (κ3) is 2.72. The number of aromatic amines is 1. The molecule has 1 unspecified atom stereocenters. The number of aryl methyl sites for hydroxylation is 1. The molecule has 18 heavy (non-hydrogen) atoms. The average Bonchev–Trinajstić information content (AvgIpc) is 2.88. The van der Waals surface area contributed by atoms with Crippen molar-refractivity contribution in [1.29, 1.82) is 0 Å². The summed E-state index contributed by atoms with van der Waals surface area (Å²) >= 11 is 0. The van der Waals surface area contributed by atoms with Gasteiger partial charge in [-0.25, -0.2) is 0 Å². The van der Waals surface area contributed by atoms with E-state index >= 15 is 0 Å². The largest absolute Gasteiger partial charge is 0.394 e. The molecule has 0 spiro atoms. The van der Waals surface area contributed by atoms with Gasteiger partial charge in [0.05, 0.1) is 12.6 Å². The van der Waals surface area contributed by atoms with E-state index in [1.807, 2.05) is 0 Å². The summed E-state index contributed by atoms with van der Waals surface area (Å²) in [6.07, 6.45) is 3.75. The van der Waals surface area contributed by atoms with Gasteiger partial charge in [0.1, 0.15) is 0 Å². The van der Waals surface area contributed by atoms with Crippen molar-refractivity contribution >= 4 is 5.91 Å². The topological polar surface area (TPSA) is 78.0 Å². The molecular weight excluding hydrogens is 230 g/mol. The van der Waals surface area contributed by atoms with Crippen LogP contribution in [-0.4, -0.2) is 33.9 Å². The van der Waals surface area contributed by atoms with Crippen LogP contribution in [0, 0.1) is 5.92 Å². The molecule has 3 N–H and O–H groups in total. The molecule has 1 amide bonds. The Labute approximate surface area is 107 Å². The van der Waals surface area contributed by atoms with Crippen LogP contribution >= 0.6 is 0 Å². The zero-order valence-corrected chi connectivity index (χ0v) is 11.0. The van der Waals surface area contributed by atoms with Crippen molar-refractivity contribution in [2.45, 2.75) is 45.6 Å². The van der Waals surface area contributed by atoms with E-state index in [9.17, 15) is 9.90 Å². The summed E-state index contributed by atoms with van der Waals surface area (Å²) in [5.41, 5.74) is 2.64. The van der Waals surface area contributed by atoms with Crippen molar-refractivity contribution in [1.82, 2.24) is 15.5 Å². The van der Waals surface area contributed by atoms with E-state index in [0.29, 0.717) is 11.6 Å². The predicted molar refractivity (Wildman–Crippen MR) is 68.4 cm³/mol. The number of nitrogens with one attached hydrogen (secondary N) is 2. The van der Waals surface area contributed by atoms with Crippen LogP contribution < -0.4 is 5.32 Å². The molecule has 2 rings (SSSR count). The Kier molecular flexibility index (Phi) is 4.01. The van der Waals surface area contributed by atoms with Crippen molar-refractivity contribution in [3.63, 3.8) is 0 Å². The molecule has 0 fully saturated rings. The van der Waals surface area contributed by atoms with Crippen LogP contribution in [0.15, 0.2) is 0 Å². The smallest absolute Gasteiger partial charge is 0.272 e. The first kappa shape index (κ1) is 13.1. The first-order chi connectivity index (χ1) is 8.61. The monoisotopic (exact) mass is 251 g/mol. The maximum absolute atomic E-state index is 12.1. The van der Waals surface area contributed by atoms with Crippen molar-refractivity contribution in [3.05, 3.63) is 17.0 Å². The standard InChI is InChI=1S/C13H21N3O2/c1-8(2)6-9(7-17)14-13(18)12-10-4-3-5-11(10)15-16-12/h8-9,17H,3-7H2,1-2H3,(H,14,18)(H,15,16). The third-order valence-corrected chi connectivity index (χ3v) is 3.33. The molecule has 0 aromatic carbocycles. The van der Waals surface area contributed by atoms with Crippen LogP contribution in [0.2, 0.25) is 0 Å². The number of nitrogens with zero attached hydrogens (tertiary/aromatic N) is 1. The van der Waals surface area contributed by atoms with Crippen LogP contribution in [0.5, 0.6) is 0 Å². The van der Waals surface area contributed by atoms with Gasteiger partial charge in [0, 0.05) is 11.3 Å². The molecule has 5 nitrogen and oxygen atoms in total. The fourth-order valence-electron chi connectivity index (χ4n) is 2.51. The van der Waals surface area contributed by atoms with Gasteiger partial charge in [-0.3, -0.25) is 9.89 Å². The maximum atomic E-state index is 12.1.